The lowest BCUT2D eigenvalue weighted by Gasteiger charge is -2.38. The molecule has 0 bridgehead atoms. The quantitative estimate of drug-likeness (QED) is 0.0293. The van der Waals surface area contributed by atoms with E-state index in [2.05, 4.69) is 86.9 Å². The molecule has 0 N–H and O–H groups in total. The van der Waals surface area contributed by atoms with Crippen molar-refractivity contribution in [3.63, 3.8) is 0 Å². The zero-order valence-corrected chi connectivity index (χ0v) is 43.3. The lowest BCUT2D eigenvalue weighted by Crippen LogP contribution is -2.46. The maximum absolute atomic E-state index is 7.02. The largest absolute Gasteiger partial charge is 0.284 e. The fourth-order valence-electron chi connectivity index (χ4n) is 9.55. The molecule has 0 aliphatic carbocycles. The number of thiophene rings is 1. The van der Waals surface area contributed by atoms with Crippen LogP contribution in [0.25, 0.3) is 33.9 Å². The molecule has 6 rings (SSSR count). The van der Waals surface area contributed by atoms with Crippen molar-refractivity contribution in [2.45, 2.75) is 201 Å². The molecule has 0 aromatic carbocycles. The maximum Gasteiger partial charge on any atom is 0.162 e. The van der Waals surface area contributed by atoms with Crippen molar-refractivity contribution in [1.29, 1.82) is 0 Å². The molecule has 0 aliphatic rings. The topological polar surface area (TPSA) is 54.0 Å². The van der Waals surface area contributed by atoms with Gasteiger partial charge in [-0.05, 0) is 61.0 Å². The minimum absolute atomic E-state index is 0.541. The number of hydrazine groups is 1. The number of nitrogens with zero attached hydrogens (tertiary/aromatic N) is 7. The average Bonchev–Trinajstić information content (AvgIpc) is 4.08. The Kier molecular flexibility index (Phi) is 23.0. The van der Waals surface area contributed by atoms with Crippen molar-refractivity contribution >= 4 is 57.5 Å². The summed E-state index contributed by atoms with van der Waals surface area (Å²) in [5, 5.41) is 10.5. The fourth-order valence-corrected chi connectivity index (χ4v) is 10.7. The first kappa shape index (κ1) is 51.8. The summed E-state index contributed by atoms with van der Waals surface area (Å²) in [4.78, 5) is 15.5. The molecule has 360 valence electrons. The first-order chi connectivity index (χ1) is 32.5. The van der Waals surface area contributed by atoms with E-state index in [0.29, 0.717) is 15.7 Å². The van der Waals surface area contributed by atoms with Gasteiger partial charge in [-0.1, -0.05) is 216 Å². The van der Waals surface area contributed by atoms with Gasteiger partial charge in [-0.25, -0.2) is 9.97 Å². The van der Waals surface area contributed by atoms with Crippen LogP contribution < -0.4 is 10.0 Å². The second-order valence-corrected chi connectivity index (χ2v) is 20.5. The van der Waals surface area contributed by atoms with Crippen LogP contribution in [0.2, 0.25) is 10.0 Å². The zero-order chi connectivity index (χ0) is 46.2. The second kappa shape index (κ2) is 29.3. The predicted molar refractivity (Wildman–Crippen MR) is 287 cm³/mol. The van der Waals surface area contributed by atoms with Crippen LogP contribution >= 0.6 is 34.5 Å². The third kappa shape index (κ3) is 15.7. The van der Waals surface area contributed by atoms with Crippen LogP contribution in [0.1, 0.15) is 199 Å². The highest BCUT2D eigenvalue weighted by atomic mass is 35.5. The number of imidazole rings is 2. The Morgan fingerprint density at radius 3 is 1.55 bits per heavy atom. The van der Waals surface area contributed by atoms with Gasteiger partial charge >= 0.3 is 0 Å². The minimum atomic E-state index is 0.541. The second-order valence-electron chi connectivity index (χ2n) is 18.9. The van der Waals surface area contributed by atoms with E-state index >= 15 is 0 Å². The Labute approximate surface area is 412 Å². The number of unbranched alkanes of at least 4 members (excludes halogenated alkanes) is 26. The van der Waals surface area contributed by atoms with Crippen molar-refractivity contribution in [2.75, 3.05) is 23.1 Å². The third-order valence-electron chi connectivity index (χ3n) is 13.3. The number of aromatic nitrogens is 5. The number of anilines is 2. The maximum atomic E-state index is 7.02. The van der Waals surface area contributed by atoms with Gasteiger partial charge in [0.25, 0.3) is 0 Å². The molecule has 6 aromatic heterocycles. The van der Waals surface area contributed by atoms with E-state index < -0.39 is 0 Å². The van der Waals surface area contributed by atoms with E-state index in [1.165, 1.54) is 160 Å². The summed E-state index contributed by atoms with van der Waals surface area (Å²) in [6.07, 6.45) is 43.1. The smallest absolute Gasteiger partial charge is 0.162 e. The van der Waals surface area contributed by atoms with E-state index in [-0.39, 0.29) is 0 Å². The van der Waals surface area contributed by atoms with Crippen molar-refractivity contribution in [3.05, 3.63) is 87.4 Å². The van der Waals surface area contributed by atoms with Gasteiger partial charge in [0.1, 0.15) is 17.0 Å². The van der Waals surface area contributed by atoms with E-state index in [4.69, 9.17) is 38.2 Å². The lowest BCUT2D eigenvalue weighted by atomic mass is 10.0. The fraction of sp³-hybridized carbons (Fsp3) is 0.589. The van der Waals surface area contributed by atoms with Crippen molar-refractivity contribution in [3.8, 4) is 22.6 Å². The normalized spacial score (nSPS) is 11.7. The summed E-state index contributed by atoms with van der Waals surface area (Å²) in [6.45, 7) is 8.37. The van der Waals surface area contributed by atoms with E-state index in [9.17, 15) is 0 Å². The summed E-state index contributed by atoms with van der Waals surface area (Å²) in [5.41, 5.74) is 6.50. The highest BCUT2D eigenvalue weighted by Gasteiger charge is 2.31. The molecule has 0 aliphatic heterocycles. The van der Waals surface area contributed by atoms with Gasteiger partial charge in [0.15, 0.2) is 17.3 Å². The molecule has 7 nitrogen and oxygen atoms in total. The van der Waals surface area contributed by atoms with Crippen LogP contribution in [0, 0.1) is 6.92 Å². The standard InChI is InChI=1S/C56H81Cl2N7S/c1-4-6-8-10-12-14-16-18-20-22-24-26-28-32-39-64(55-52(47-37-41-66-45-47)61-54-49(58)42-48(57)44-63(54)55)65(40-33-29-27-25-23-21-19-17-15-13-11-9-7-5-2)56-53(50-34-30-31-38-59-50)60-51-36-35-46(3)43-62(51)56/h30-31,34-38,41-45H,4-29,32-33,39-40H2,1-3H3. The molecule has 0 atom stereocenters. The molecule has 6 aromatic rings. The highest BCUT2D eigenvalue weighted by molar-refractivity contribution is 7.08. The Morgan fingerprint density at radius 1 is 0.545 bits per heavy atom. The van der Waals surface area contributed by atoms with Crippen LogP contribution in [0.3, 0.4) is 0 Å². The first-order valence-corrected chi connectivity index (χ1v) is 28.0. The van der Waals surface area contributed by atoms with Gasteiger partial charge in [-0.3, -0.25) is 23.8 Å². The molecule has 0 radical (unpaired) electrons. The van der Waals surface area contributed by atoms with E-state index in [1.54, 1.807) is 11.3 Å². The van der Waals surface area contributed by atoms with Crippen molar-refractivity contribution in [2.24, 2.45) is 0 Å². The number of fused-ring (bicyclic) bond motifs is 2. The van der Waals surface area contributed by atoms with Crippen LogP contribution in [0.15, 0.2) is 71.8 Å². The molecule has 0 unspecified atom stereocenters. The van der Waals surface area contributed by atoms with Gasteiger partial charge in [-0.2, -0.15) is 11.3 Å². The number of pyridine rings is 3. The first-order valence-electron chi connectivity index (χ1n) is 26.3. The summed E-state index contributed by atoms with van der Waals surface area (Å²) in [7, 11) is 0. The van der Waals surface area contributed by atoms with E-state index in [1.807, 2.05) is 24.5 Å². The molecule has 0 fully saturated rings. The van der Waals surface area contributed by atoms with Gasteiger partial charge in [0.05, 0.1) is 15.7 Å². The van der Waals surface area contributed by atoms with Crippen LogP contribution in [0.5, 0.6) is 0 Å². The molecule has 10 heteroatoms. The molecule has 0 amide bonds. The third-order valence-corrected chi connectivity index (χ3v) is 14.5. The SMILES string of the molecule is CCCCCCCCCCCCCCCCN(c1c(-c2ccccn2)nc2ccc(C)cn12)N(CCCCCCCCCCCCCCCC)c1c(-c2ccsc2)nc2c(Cl)cc(Cl)cn12. The lowest BCUT2D eigenvalue weighted by molar-refractivity contribution is 0.527. The number of rotatable bonds is 35. The summed E-state index contributed by atoms with van der Waals surface area (Å²) < 4.78 is 4.42. The summed E-state index contributed by atoms with van der Waals surface area (Å²) >= 11 is 15.6. The monoisotopic (exact) mass is 954 g/mol. The molecule has 0 saturated carbocycles. The highest BCUT2D eigenvalue weighted by Crippen LogP contribution is 2.40. The molecule has 66 heavy (non-hydrogen) atoms. The Balaban J connectivity index is 1.25. The summed E-state index contributed by atoms with van der Waals surface area (Å²) in [5.74, 6) is 1.99. The van der Waals surface area contributed by atoms with Crippen LogP contribution in [-0.2, 0) is 0 Å². The molecule has 0 spiro atoms. The van der Waals surface area contributed by atoms with Crippen molar-refractivity contribution in [1.82, 2.24) is 23.8 Å². The van der Waals surface area contributed by atoms with Crippen LogP contribution in [-0.4, -0.2) is 36.8 Å². The Hall–Kier alpha value is -3.59. The molecular formula is C56H81Cl2N7S. The van der Waals surface area contributed by atoms with Gasteiger partial charge in [-0.15, -0.1) is 0 Å². The van der Waals surface area contributed by atoms with E-state index in [0.717, 1.165) is 78.7 Å². The molecular weight excluding hydrogens is 874 g/mol. The zero-order valence-electron chi connectivity index (χ0n) is 40.9. The number of halogens is 2. The number of hydrogen-bond acceptors (Lipinski definition) is 6. The average molecular weight is 955 g/mol. The Morgan fingerprint density at radius 2 is 1.06 bits per heavy atom. The predicted octanol–water partition coefficient (Wildman–Crippen LogP) is 18.6. The van der Waals surface area contributed by atoms with Gasteiger partial charge in [0.2, 0.25) is 0 Å². The van der Waals surface area contributed by atoms with Gasteiger partial charge in [0, 0.05) is 42.6 Å². The minimum Gasteiger partial charge on any atom is -0.284 e. The van der Waals surface area contributed by atoms with Crippen LogP contribution in [0.4, 0.5) is 11.6 Å². The summed E-state index contributed by atoms with van der Waals surface area (Å²) in [6, 6.07) is 14.4. The number of hydrogen-bond donors (Lipinski definition) is 0. The van der Waals surface area contributed by atoms with Crippen molar-refractivity contribution < 1.29 is 0 Å². The molecule has 0 saturated heterocycles. The molecule has 6 heterocycles. The Bertz CT molecular complexity index is 2230. The number of aryl methyl sites for hydroxylation is 1. The van der Waals surface area contributed by atoms with Gasteiger partial charge < -0.3 is 0 Å².